The van der Waals surface area contributed by atoms with Crippen LogP contribution in [-0.2, 0) is 9.59 Å². The third kappa shape index (κ3) is 2.63. The summed E-state index contributed by atoms with van der Waals surface area (Å²) in [7, 11) is 2.95. The lowest BCUT2D eigenvalue weighted by Crippen LogP contribution is -2.68. The van der Waals surface area contributed by atoms with E-state index in [4.69, 9.17) is 11.5 Å². The highest BCUT2D eigenvalue weighted by Crippen LogP contribution is 2.55. The number of nitrogens with two attached hydrogens (primary N) is 2. The molecule has 176 valence electrons. The Hall–Kier alpha value is -3.41. The number of aromatic hydroxyl groups is 1. The summed E-state index contributed by atoms with van der Waals surface area (Å²) in [5.74, 6) is -9.34. The number of primary amides is 1. The maximum absolute atomic E-state index is 13.4. The van der Waals surface area contributed by atoms with Gasteiger partial charge in [-0.2, -0.15) is 0 Å². The Balaban J connectivity index is 2.07. The zero-order valence-corrected chi connectivity index (χ0v) is 18.1. The SMILES string of the molecule is CC1c2ccc(N)c(O)c2C(=O)C2=C(O)[C@]3(O)C(=O)C(C(N)=O)=C(O)[C@@H](N(C)C)C3C(O)C21. The second-order valence-corrected chi connectivity index (χ2v) is 9.02. The highest BCUT2D eigenvalue weighted by molar-refractivity contribution is 6.25. The van der Waals surface area contributed by atoms with Crippen LogP contribution in [0.3, 0.4) is 0 Å². The number of nitrogens with zero attached hydrogens (tertiary/aromatic N) is 1. The number of likely N-dealkylation sites (N-methyl/N-ethyl adjacent to an activating group) is 1. The van der Waals surface area contributed by atoms with Gasteiger partial charge in [0, 0.05) is 11.5 Å². The Bertz CT molecular complexity index is 1190. The summed E-state index contributed by atoms with van der Waals surface area (Å²) in [6, 6.07) is 1.63. The average Bonchev–Trinajstić information content (AvgIpc) is 2.72. The van der Waals surface area contributed by atoms with Crippen molar-refractivity contribution in [3.05, 3.63) is 45.9 Å². The minimum atomic E-state index is -2.93. The first-order chi connectivity index (χ1) is 15.3. The third-order valence-corrected chi connectivity index (χ3v) is 7.16. The quantitative estimate of drug-likeness (QED) is 0.167. The zero-order valence-electron chi connectivity index (χ0n) is 18.1. The number of aliphatic hydroxyl groups excluding tert-OH is 3. The molecule has 1 aromatic rings. The molecule has 0 aromatic heterocycles. The Kier molecular flexibility index (Phi) is 4.86. The number of hydrogen-bond donors (Lipinski definition) is 7. The van der Waals surface area contributed by atoms with Gasteiger partial charge in [-0.15, -0.1) is 0 Å². The number of carbonyl (C=O) groups is 3. The highest BCUT2D eigenvalue weighted by Gasteiger charge is 2.67. The number of anilines is 1. The minimum absolute atomic E-state index is 0.0916. The number of aliphatic hydroxyl groups is 4. The van der Waals surface area contributed by atoms with Crippen LogP contribution in [-0.4, -0.2) is 79.7 Å². The lowest BCUT2D eigenvalue weighted by Gasteiger charge is -2.53. The Morgan fingerprint density at radius 1 is 1.15 bits per heavy atom. The average molecular weight is 459 g/mol. The fourth-order valence-electron chi connectivity index (χ4n) is 5.64. The van der Waals surface area contributed by atoms with E-state index in [0.717, 1.165) is 0 Å². The van der Waals surface area contributed by atoms with Gasteiger partial charge in [-0.3, -0.25) is 19.3 Å². The number of Topliss-reactive ketones (excluding diaryl/α,β-unsaturated/α-hetero) is 2. The van der Waals surface area contributed by atoms with Crippen molar-refractivity contribution in [3.63, 3.8) is 0 Å². The first-order valence-electron chi connectivity index (χ1n) is 10.2. The predicted octanol–water partition coefficient (Wildman–Crippen LogP) is -0.765. The number of phenolic OH excluding ortho intramolecular Hbond substituents is 1. The summed E-state index contributed by atoms with van der Waals surface area (Å²) >= 11 is 0. The molecular formula is C22H25N3O8. The molecule has 1 amide bonds. The Labute approximate surface area is 188 Å². The molecule has 4 unspecified atom stereocenters. The molecule has 0 aliphatic heterocycles. The number of hydrogen-bond acceptors (Lipinski definition) is 10. The predicted molar refractivity (Wildman–Crippen MR) is 114 cm³/mol. The van der Waals surface area contributed by atoms with Gasteiger partial charge in [0.1, 0.15) is 22.8 Å². The summed E-state index contributed by atoms with van der Waals surface area (Å²) in [6.07, 6.45) is -1.62. The molecule has 9 N–H and O–H groups in total. The van der Waals surface area contributed by atoms with Gasteiger partial charge in [0.25, 0.3) is 5.91 Å². The molecule has 0 heterocycles. The lowest BCUT2D eigenvalue weighted by atomic mass is 9.55. The molecule has 0 bridgehead atoms. The molecule has 0 saturated carbocycles. The normalized spacial score (nSPS) is 33.7. The monoisotopic (exact) mass is 459 g/mol. The van der Waals surface area contributed by atoms with E-state index in [1.165, 1.54) is 31.1 Å². The zero-order chi connectivity index (χ0) is 24.7. The van der Waals surface area contributed by atoms with Gasteiger partial charge in [-0.1, -0.05) is 13.0 Å². The lowest BCUT2D eigenvalue weighted by molar-refractivity contribution is -0.162. The molecule has 4 rings (SSSR count). The Morgan fingerprint density at radius 2 is 1.76 bits per heavy atom. The van der Waals surface area contributed by atoms with E-state index < -0.39 is 81.4 Å². The number of fused-ring (bicyclic) bond motifs is 3. The van der Waals surface area contributed by atoms with Crippen molar-refractivity contribution in [1.29, 1.82) is 0 Å². The maximum Gasteiger partial charge on any atom is 0.255 e. The molecule has 1 aromatic carbocycles. The molecule has 0 spiro atoms. The van der Waals surface area contributed by atoms with Crippen LogP contribution in [0.25, 0.3) is 0 Å². The standard InChI is InChI=1S/C22H25N3O8/c1-6-7-4-5-8(23)15(26)10(7)16(27)11-9(6)17(28)13-14(25(2)3)18(29)12(21(24)32)20(31)22(13,33)19(11)30/h4-6,9,13-14,17,26,28-30,33H,23H2,1-3H3,(H2,24,32)/t6?,9?,13?,14-,17?,22-/m0/s1. The summed E-state index contributed by atoms with van der Waals surface area (Å²) in [6.45, 7) is 1.65. The van der Waals surface area contributed by atoms with Crippen LogP contribution in [0.1, 0.15) is 28.8 Å². The van der Waals surface area contributed by atoms with Crippen LogP contribution in [0.2, 0.25) is 0 Å². The van der Waals surface area contributed by atoms with Crippen molar-refractivity contribution in [3.8, 4) is 5.75 Å². The minimum Gasteiger partial charge on any atom is -0.510 e. The van der Waals surface area contributed by atoms with E-state index in [-0.39, 0.29) is 11.3 Å². The molecule has 0 saturated heterocycles. The molecule has 3 aliphatic carbocycles. The molecule has 11 nitrogen and oxygen atoms in total. The number of ketones is 2. The van der Waals surface area contributed by atoms with Crippen molar-refractivity contribution in [2.75, 3.05) is 19.8 Å². The Morgan fingerprint density at radius 3 is 2.30 bits per heavy atom. The maximum atomic E-state index is 13.4. The van der Waals surface area contributed by atoms with E-state index in [9.17, 15) is 39.9 Å². The van der Waals surface area contributed by atoms with E-state index in [2.05, 4.69) is 0 Å². The van der Waals surface area contributed by atoms with E-state index in [1.807, 2.05) is 0 Å². The van der Waals surface area contributed by atoms with Crippen molar-refractivity contribution >= 4 is 23.2 Å². The van der Waals surface area contributed by atoms with Gasteiger partial charge >= 0.3 is 0 Å². The van der Waals surface area contributed by atoms with Gasteiger partial charge in [0.05, 0.1) is 29.3 Å². The number of phenols is 1. The molecule has 3 aliphatic rings. The van der Waals surface area contributed by atoms with Gasteiger partial charge in [0.15, 0.2) is 11.4 Å². The molecular weight excluding hydrogens is 434 g/mol. The van der Waals surface area contributed by atoms with Crippen molar-refractivity contribution in [2.45, 2.75) is 30.6 Å². The molecule has 6 atom stereocenters. The highest BCUT2D eigenvalue weighted by atomic mass is 16.4. The smallest absolute Gasteiger partial charge is 0.255 e. The topological polar surface area (TPSA) is 208 Å². The van der Waals surface area contributed by atoms with Gasteiger partial charge < -0.3 is 37.0 Å². The van der Waals surface area contributed by atoms with Crippen LogP contribution in [0.15, 0.2) is 34.8 Å². The van der Waals surface area contributed by atoms with Crippen molar-refractivity contribution < 1.29 is 39.9 Å². The fourth-order valence-corrected chi connectivity index (χ4v) is 5.64. The van der Waals surface area contributed by atoms with Crippen LogP contribution in [0.4, 0.5) is 5.69 Å². The van der Waals surface area contributed by atoms with E-state index >= 15 is 0 Å². The number of amides is 1. The first-order valence-corrected chi connectivity index (χ1v) is 10.2. The van der Waals surface area contributed by atoms with Gasteiger partial charge in [-0.25, -0.2) is 0 Å². The van der Waals surface area contributed by atoms with Crippen LogP contribution >= 0.6 is 0 Å². The van der Waals surface area contributed by atoms with Gasteiger partial charge in [0.2, 0.25) is 5.78 Å². The second-order valence-electron chi connectivity index (χ2n) is 9.02. The van der Waals surface area contributed by atoms with E-state index in [0.29, 0.717) is 5.56 Å². The summed E-state index contributed by atoms with van der Waals surface area (Å²) in [4.78, 5) is 40.0. The third-order valence-electron chi connectivity index (χ3n) is 7.16. The number of carbonyl (C=O) groups excluding carboxylic acids is 3. The number of nitrogen functional groups attached to an aromatic ring is 1. The van der Waals surface area contributed by atoms with Crippen LogP contribution in [0, 0.1) is 11.8 Å². The summed E-state index contributed by atoms with van der Waals surface area (Å²) in [5.41, 5.74) is 6.72. The summed E-state index contributed by atoms with van der Waals surface area (Å²) in [5, 5.41) is 55.3. The largest absolute Gasteiger partial charge is 0.510 e. The van der Waals surface area contributed by atoms with Crippen LogP contribution in [0.5, 0.6) is 5.75 Å². The van der Waals surface area contributed by atoms with Gasteiger partial charge in [-0.05, 0) is 31.6 Å². The van der Waals surface area contributed by atoms with Crippen molar-refractivity contribution in [2.24, 2.45) is 17.6 Å². The molecule has 33 heavy (non-hydrogen) atoms. The van der Waals surface area contributed by atoms with E-state index in [1.54, 1.807) is 6.92 Å². The van der Waals surface area contributed by atoms with Crippen molar-refractivity contribution in [1.82, 2.24) is 4.90 Å². The molecule has 0 fully saturated rings. The van der Waals surface area contributed by atoms with Crippen LogP contribution < -0.4 is 11.5 Å². The fraction of sp³-hybridized carbons (Fsp3) is 0.409. The molecule has 11 heteroatoms. The number of rotatable bonds is 2. The number of benzene rings is 1. The summed E-state index contributed by atoms with van der Waals surface area (Å²) < 4.78 is 0. The first kappa shape index (κ1) is 22.8. The second kappa shape index (κ2) is 7.04. The molecule has 0 radical (unpaired) electrons.